The molecule has 0 saturated carbocycles. The quantitative estimate of drug-likeness (QED) is 0.736. The summed E-state index contributed by atoms with van der Waals surface area (Å²) < 4.78 is 1.80. The van der Waals surface area contributed by atoms with Gasteiger partial charge < -0.3 is 9.88 Å². The molecule has 4 heteroatoms. The fourth-order valence-electron chi connectivity index (χ4n) is 0.967. The smallest absolute Gasteiger partial charge is 0.275 e. The second-order valence-electron chi connectivity index (χ2n) is 3.02. The monoisotopic (exact) mass is 179 g/mol. The molecule has 0 radical (unpaired) electrons. The van der Waals surface area contributed by atoms with E-state index >= 15 is 0 Å². The van der Waals surface area contributed by atoms with E-state index in [0.29, 0.717) is 11.4 Å². The van der Waals surface area contributed by atoms with Gasteiger partial charge in [-0.3, -0.25) is 4.79 Å². The van der Waals surface area contributed by atoms with Gasteiger partial charge in [-0.05, 0) is 13.8 Å². The molecule has 0 spiro atoms. The number of carbonyl (C=O) groups excluding carboxylic acids is 1. The first-order valence-electron chi connectivity index (χ1n) is 3.97. The fraction of sp³-hybridized carbons (Fsp3) is 0.333. The minimum atomic E-state index is -0.203. The number of aromatic nitrogens is 2. The molecule has 1 heterocycles. The Kier molecular flexibility index (Phi) is 2.51. The van der Waals surface area contributed by atoms with Crippen molar-refractivity contribution in [3.8, 4) is 0 Å². The van der Waals surface area contributed by atoms with E-state index in [1.165, 1.54) is 0 Å². The maximum absolute atomic E-state index is 11.4. The van der Waals surface area contributed by atoms with Gasteiger partial charge >= 0.3 is 0 Å². The van der Waals surface area contributed by atoms with Crippen LogP contribution in [0.3, 0.4) is 0 Å². The molecule has 0 aliphatic carbocycles. The van der Waals surface area contributed by atoms with Gasteiger partial charge in [-0.15, -0.1) is 0 Å². The maximum atomic E-state index is 11.4. The number of allylic oxidation sites excluding steroid dienone is 1. The lowest BCUT2D eigenvalue weighted by molar-refractivity contribution is 0.0961. The van der Waals surface area contributed by atoms with Gasteiger partial charge in [0.25, 0.3) is 5.91 Å². The summed E-state index contributed by atoms with van der Waals surface area (Å²) in [5, 5.41) is 2.60. The molecule has 0 bridgehead atoms. The fourth-order valence-corrected chi connectivity index (χ4v) is 0.967. The zero-order valence-electron chi connectivity index (χ0n) is 8.09. The van der Waals surface area contributed by atoms with Crippen molar-refractivity contribution in [1.82, 2.24) is 14.9 Å². The third-order valence-corrected chi connectivity index (χ3v) is 1.77. The molecule has 70 valence electrons. The van der Waals surface area contributed by atoms with E-state index in [-0.39, 0.29) is 5.91 Å². The first-order chi connectivity index (χ1) is 6.02. The molecule has 13 heavy (non-hydrogen) atoms. The lowest BCUT2D eigenvalue weighted by atomic mass is 10.3. The van der Waals surface area contributed by atoms with Crippen molar-refractivity contribution in [2.45, 2.75) is 13.8 Å². The molecular formula is C9H13N3O. The molecule has 0 unspecified atom stereocenters. The minimum Gasteiger partial charge on any atom is -0.337 e. The van der Waals surface area contributed by atoms with Gasteiger partial charge in [-0.2, -0.15) is 0 Å². The van der Waals surface area contributed by atoms with Crippen LogP contribution in [-0.2, 0) is 7.05 Å². The minimum absolute atomic E-state index is 0.203. The largest absolute Gasteiger partial charge is 0.337 e. The van der Waals surface area contributed by atoms with Crippen LogP contribution in [0.1, 0.15) is 23.1 Å². The second-order valence-corrected chi connectivity index (χ2v) is 3.02. The van der Waals surface area contributed by atoms with Gasteiger partial charge in [0.15, 0.2) is 0 Å². The third kappa shape index (κ3) is 1.96. The van der Waals surface area contributed by atoms with Crippen LogP contribution >= 0.6 is 0 Å². The third-order valence-electron chi connectivity index (χ3n) is 1.77. The van der Waals surface area contributed by atoms with Gasteiger partial charge in [-0.25, -0.2) is 4.98 Å². The summed E-state index contributed by atoms with van der Waals surface area (Å²) in [4.78, 5) is 15.4. The molecule has 0 fully saturated rings. The lowest BCUT2D eigenvalue weighted by Crippen LogP contribution is -2.22. The number of carbonyl (C=O) groups is 1. The van der Waals surface area contributed by atoms with Crippen LogP contribution in [-0.4, -0.2) is 15.5 Å². The predicted molar refractivity (Wildman–Crippen MR) is 50.2 cm³/mol. The summed E-state index contributed by atoms with van der Waals surface area (Å²) in [6, 6.07) is 0. The van der Waals surface area contributed by atoms with Gasteiger partial charge in [-0.1, -0.05) is 6.58 Å². The zero-order chi connectivity index (χ0) is 10.0. The molecule has 1 aromatic rings. The van der Waals surface area contributed by atoms with Crippen molar-refractivity contribution in [3.63, 3.8) is 0 Å². The van der Waals surface area contributed by atoms with E-state index in [9.17, 15) is 4.79 Å². The van der Waals surface area contributed by atoms with Crippen LogP contribution in [0.4, 0.5) is 0 Å². The summed E-state index contributed by atoms with van der Waals surface area (Å²) >= 11 is 0. The molecule has 0 atom stereocenters. The maximum Gasteiger partial charge on any atom is 0.275 e. The number of hydrogen-bond donors (Lipinski definition) is 1. The number of nitrogens with zero attached hydrogens (tertiary/aromatic N) is 2. The van der Waals surface area contributed by atoms with Crippen LogP contribution < -0.4 is 5.32 Å². The Balaban J connectivity index is 2.89. The van der Waals surface area contributed by atoms with Crippen molar-refractivity contribution in [1.29, 1.82) is 0 Å². The normalized spacial score (nSPS) is 9.77. The van der Waals surface area contributed by atoms with Gasteiger partial charge in [0.1, 0.15) is 5.69 Å². The second kappa shape index (κ2) is 3.43. The standard InChI is InChI=1S/C9H13N3O/c1-6(2)11-9(13)8-7(3)12(4)5-10-8/h5H,1H2,2-4H3,(H,11,13). The summed E-state index contributed by atoms with van der Waals surface area (Å²) in [5.41, 5.74) is 1.92. The number of rotatable bonds is 2. The zero-order valence-corrected chi connectivity index (χ0v) is 8.09. The van der Waals surface area contributed by atoms with Gasteiger partial charge in [0, 0.05) is 18.4 Å². The number of imidazole rings is 1. The molecule has 1 amide bonds. The highest BCUT2D eigenvalue weighted by Gasteiger charge is 2.12. The van der Waals surface area contributed by atoms with Crippen molar-refractivity contribution >= 4 is 5.91 Å². The van der Waals surface area contributed by atoms with E-state index < -0.39 is 0 Å². The Morgan fingerprint density at radius 1 is 1.69 bits per heavy atom. The highest BCUT2D eigenvalue weighted by molar-refractivity contribution is 5.94. The van der Waals surface area contributed by atoms with Gasteiger partial charge in [0.05, 0.1) is 6.33 Å². The average molecular weight is 179 g/mol. The van der Waals surface area contributed by atoms with Crippen molar-refractivity contribution in [2.75, 3.05) is 0 Å². The van der Waals surface area contributed by atoms with Crippen molar-refractivity contribution in [3.05, 3.63) is 30.0 Å². The molecule has 0 saturated heterocycles. The summed E-state index contributed by atoms with van der Waals surface area (Å²) in [6.45, 7) is 7.17. The summed E-state index contributed by atoms with van der Waals surface area (Å²) in [5.74, 6) is -0.203. The lowest BCUT2D eigenvalue weighted by Gasteiger charge is -2.02. The van der Waals surface area contributed by atoms with E-state index in [1.54, 1.807) is 17.8 Å². The number of amides is 1. The van der Waals surface area contributed by atoms with E-state index in [4.69, 9.17) is 0 Å². The topological polar surface area (TPSA) is 46.9 Å². The highest BCUT2D eigenvalue weighted by Crippen LogP contribution is 2.03. The molecule has 0 aromatic carbocycles. The Morgan fingerprint density at radius 3 is 2.69 bits per heavy atom. The Hall–Kier alpha value is -1.58. The van der Waals surface area contributed by atoms with Crippen molar-refractivity contribution in [2.24, 2.45) is 7.05 Å². The van der Waals surface area contributed by atoms with E-state index in [0.717, 1.165) is 5.69 Å². The number of nitrogens with one attached hydrogen (secondary N) is 1. The van der Waals surface area contributed by atoms with E-state index in [1.807, 2.05) is 14.0 Å². The van der Waals surface area contributed by atoms with Crippen LogP contribution in [0.5, 0.6) is 0 Å². The Bertz CT molecular complexity index is 352. The van der Waals surface area contributed by atoms with Crippen LogP contribution in [0, 0.1) is 6.92 Å². The molecule has 0 aliphatic rings. The highest BCUT2D eigenvalue weighted by atomic mass is 16.1. The Labute approximate surface area is 77.3 Å². The van der Waals surface area contributed by atoms with Gasteiger partial charge in [0.2, 0.25) is 0 Å². The van der Waals surface area contributed by atoms with Crippen LogP contribution in [0.15, 0.2) is 18.6 Å². The Morgan fingerprint density at radius 2 is 2.31 bits per heavy atom. The molecule has 1 N–H and O–H groups in total. The van der Waals surface area contributed by atoms with E-state index in [2.05, 4.69) is 16.9 Å². The molecule has 1 aromatic heterocycles. The predicted octanol–water partition coefficient (Wildman–Crippen LogP) is 0.992. The number of hydrogen-bond acceptors (Lipinski definition) is 2. The molecule has 1 rings (SSSR count). The summed E-state index contributed by atoms with van der Waals surface area (Å²) in [6.07, 6.45) is 1.61. The number of aryl methyl sites for hydroxylation is 1. The first kappa shape index (κ1) is 9.51. The van der Waals surface area contributed by atoms with Crippen LogP contribution in [0.2, 0.25) is 0 Å². The summed E-state index contributed by atoms with van der Waals surface area (Å²) in [7, 11) is 1.85. The molecule has 4 nitrogen and oxygen atoms in total. The SMILES string of the molecule is C=C(C)NC(=O)c1ncn(C)c1C. The van der Waals surface area contributed by atoms with Crippen LogP contribution in [0.25, 0.3) is 0 Å². The molecule has 0 aliphatic heterocycles. The van der Waals surface area contributed by atoms with Crippen molar-refractivity contribution < 1.29 is 4.79 Å². The first-order valence-corrected chi connectivity index (χ1v) is 3.97. The average Bonchev–Trinajstić information content (AvgIpc) is 2.31. The molecular weight excluding hydrogens is 166 g/mol.